The Hall–Kier alpha value is -2.69. The van der Waals surface area contributed by atoms with E-state index in [0.29, 0.717) is 17.7 Å². The molecule has 2 amide bonds. The van der Waals surface area contributed by atoms with Crippen LogP contribution in [0.5, 0.6) is 0 Å². The van der Waals surface area contributed by atoms with Crippen LogP contribution in [0, 0.1) is 19.7 Å². The van der Waals surface area contributed by atoms with Crippen LogP contribution in [-0.2, 0) is 4.79 Å². The molecule has 0 radical (unpaired) electrons. The van der Waals surface area contributed by atoms with E-state index in [1.165, 1.54) is 18.2 Å². The van der Waals surface area contributed by atoms with Crippen molar-refractivity contribution in [2.45, 2.75) is 26.8 Å². The molecule has 0 aliphatic carbocycles. The first-order valence-electron chi connectivity index (χ1n) is 8.31. The van der Waals surface area contributed by atoms with E-state index in [0.717, 1.165) is 11.3 Å². The minimum atomic E-state index is -0.373. The first-order chi connectivity index (χ1) is 11.9. The third-order valence-corrected chi connectivity index (χ3v) is 4.61. The van der Waals surface area contributed by atoms with Gasteiger partial charge in [0.05, 0.1) is 0 Å². The Morgan fingerprint density at radius 3 is 2.44 bits per heavy atom. The Morgan fingerprint density at radius 2 is 1.80 bits per heavy atom. The summed E-state index contributed by atoms with van der Waals surface area (Å²) in [4.78, 5) is 28.7. The normalized spacial score (nSPS) is 17.8. The molecule has 2 aromatic rings. The summed E-state index contributed by atoms with van der Waals surface area (Å²) in [5.41, 5.74) is 2.98. The second-order valence-electron chi connectivity index (χ2n) is 6.58. The second-order valence-corrected chi connectivity index (χ2v) is 6.58. The molecule has 5 heteroatoms. The largest absolute Gasteiger partial charge is 0.325 e. The number of amides is 2. The molecular formula is C20H21FN2O2. The molecule has 1 aliphatic rings. The number of halogens is 1. The van der Waals surface area contributed by atoms with E-state index in [1.807, 2.05) is 38.1 Å². The molecule has 25 heavy (non-hydrogen) atoms. The van der Waals surface area contributed by atoms with E-state index < -0.39 is 0 Å². The van der Waals surface area contributed by atoms with E-state index in [4.69, 9.17) is 0 Å². The SMILES string of the molecule is Cc1ccc(N2CC(C)N(C(=O)c3ccc(F)cc3C)CC2=O)cc1. The van der Waals surface area contributed by atoms with Crippen LogP contribution in [-0.4, -0.2) is 35.8 Å². The smallest absolute Gasteiger partial charge is 0.254 e. The second kappa shape index (κ2) is 6.67. The Morgan fingerprint density at radius 1 is 1.12 bits per heavy atom. The zero-order chi connectivity index (χ0) is 18.1. The molecule has 0 spiro atoms. The number of anilines is 1. The fourth-order valence-electron chi connectivity index (χ4n) is 3.12. The molecule has 0 bridgehead atoms. The van der Waals surface area contributed by atoms with E-state index in [9.17, 15) is 14.0 Å². The van der Waals surface area contributed by atoms with Gasteiger partial charge in [-0.05, 0) is 56.7 Å². The van der Waals surface area contributed by atoms with E-state index in [-0.39, 0.29) is 30.2 Å². The van der Waals surface area contributed by atoms with Gasteiger partial charge in [0.1, 0.15) is 12.4 Å². The van der Waals surface area contributed by atoms with E-state index in [2.05, 4.69) is 0 Å². The summed E-state index contributed by atoms with van der Waals surface area (Å²) in [6.07, 6.45) is 0. The van der Waals surface area contributed by atoms with Gasteiger partial charge in [-0.15, -0.1) is 0 Å². The molecule has 0 aromatic heterocycles. The number of hydrogen-bond acceptors (Lipinski definition) is 2. The average Bonchev–Trinajstić information content (AvgIpc) is 2.57. The van der Waals surface area contributed by atoms with Crippen LogP contribution in [0.1, 0.15) is 28.4 Å². The molecule has 1 saturated heterocycles. The lowest BCUT2D eigenvalue weighted by Crippen LogP contribution is -2.57. The number of rotatable bonds is 2. The molecule has 2 aromatic carbocycles. The van der Waals surface area contributed by atoms with Crippen molar-refractivity contribution in [2.24, 2.45) is 0 Å². The summed E-state index contributed by atoms with van der Waals surface area (Å²) >= 11 is 0. The van der Waals surface area contributed by atoms with Crippen LogP contribution in [0.2, 0.25) is 0 Å². The average molecular weight is 340 g/mol. The fourth-order valence-corrected chi connectivity index (χ4v) is 3.12. The summed E-state index contributed by atoms with van der Waals surface area (Å²) in [6.45, 7) is 6.07. The predicted molar refractivity (Wildman–Crippen MR) is 95.2 cm³/mol. The summed E-state index contributed by atoms with van der Waals surface area (Å²) in [5.74, 6) is -0.723. The van der Waals surface area contributed by atoms with Gasteiger partial charge in [-0.25, -0.2) is 4.39 Å². The molecule has 130 valence electrons. The summed E-state index contributed by atoms with van der Waals surface area (Å²) < 4.78 is 13.3. The van der Waals surface area contributed by atoms with E-state index >= 15 is 0 Å². The molecule has 1 heterocycles. The van der Waals surface area contributed by atoms with Gasteiger partial charge in [-0.2, -0.15) is 0 Å². The first-order valence-corrected chi connectivity index (χ1v) is 8.31. The maximum atomic E-state index is 13.3. The Balaban J connectivity index is 1.81. The molecule has 1 fully saturated rings. The molecule has 1 atom stereocenters. The minimum absolute atomic E-state index is 0.0185. The van der Waals surface area contributed by atoms with Gasteiger partial charge in [-0.1, -0.05) is 17.7 Å². The fraction of sp³-hybridized carbons (Fsp3) is 0.300. The maximum absolute atomic E-state index is 13.3. The topological polar surface area (TPSA) is 40.6 Å². The molecule has 4 nitrogen and oxygen atoms in total. The van der Waals surface area contributed by atoms with Crippen LogP contribution in [0.4, 0.5) is 10.1 Å². The van der Waals surface area contributed by atoms with Crippen molar-refractivity contribution in [2.75, 3.05) is 18.0 Å². The van der Waals surface area contributed by atoms with Gasteiger partial charge in [-0.3, -0.25) is 9.59 Å². The molecule has 1 unspecified atom stereocenters. The highest BCUT2D eigenvalue weighted by atomic mass is 19.1. The van der Waals surface area contributed by atoms with Crippen LogP contribution >= 0.6 is 0 Å². The van der Waals surface area contributed by atoms with Gasteiger partial charge in [0.2, 0.25) is 5.91 Å². The minimum Gasteiger partial charge on any atom is -0.325 e. The third-order valence-electron chi connectivity index (χ3n) is 4.61. The van der Waals surface area contributed by atoms with Crippen molar-refractivity contribution in [3.05, 3.63) is 65.0 Å². The summed E-state index contributed by atoms with van der Waals surface area (Å²) in [6, 6.07) is 11.7. The highest BCUT2D eigenvalue weighted by Crippen LogP contribution is 2.23. The van der Waals surface area contributed by atoms with Crippen molar-refractivity contribution in [1.82, 2.24) is 4.90 Å². The van der Waals surface area contributed by atoms with Crippen LogP contribution in [0.15, 0.2) is 42.5 Å². The number of aryl methyl sites for hydroxylation is 2. The van der Waals surface area contributed by atoms with Crippen LogP contribution < -0.4 is 4.90 Å². The summed E-state index contributed by atoms with van der Waals surface area (Å²) in [5, 5.41) is 0. The van der Waals surface area contributed by atoms with Crippen LogP contribution in [0.3, 0.4) is 0 Å². The third kappa shape index (κ3) is 3.40. The number of piperazine rings is 1. The van der Waals surface area contributed by atoms with E-state index in [1.54, 1.807) is 16.7 Å². The lowest BCUT2D eigenvalue weighted by atomic mass is 10.0. The number of hydrogen-bond donors (Lipinski definition) is 0. The van der Waals surface area contributed by atoms with Gasteiger partial charge < -0.3 is 9.80 Å². The highest BCUT2D eigenvalue weighted by Gasteiger charge is 2.34. The van der Waals surface area contributed by atoms with Crippen LogP contribution in [0.25, 0.3) is 0 Å². The van der Waals surface area contributed by atoms with Crippen molar-refractivity contribution < 1.29 is 14.0 Å². The highest BCUT2D eigenvalue weighted by molar-refractivity contribution is 6.02. The number of nitrogens with zero attached hydrogens (tertiary/aromatic N) is 2. The van der Waals surface area contributed by atoms with Gasteiger partial charge in [0.25, 0.3) is 5.91 Å². The zero-order valence-corrected chi connectivity index (χ0v) is 14.6. The van der Waals surface area contributed by atoms with Crippen molar-refractivity contribution in [3.8, 4) is 0 Å². The van der Waals surface area contributed by atoms with Crippen molar-refractivity contribution >= 4 is 17.5 Å². The van der Waals surface area contributed by atoms with Crippen molar-refractivity contribution in [3.63, 3.8) is 0 Å². The molecule has 1 aliphatic heterocycles. The van der Waals surface area contributed by atoms with Gasteiger partial charge in [0, 0.05) is 23.8 Å². The number of carbonyl (C=O) groups excluding carboxylic acids is 2. The van der Waals surface area contributed by atoms with Gasteiger partial charge >= 0.3 is 0 Å². The van der Waals surface area contributed by atoms with Crippen molar-refractivity contribution in [1.29, 1.82) is 0 Å². The predicted octanol–water partition coefficient (Wildman–Crippen LogP) is 3.32. The molecular weight excluding hydrogens is 319 g/mol. The lowest BCUT2D eigenvalue weighted by molar-refractivity contribution is -0.121. The Bertz CT molecular complexity index is 817. The molecule has 3 rings (SSSR count). The Kier molecular flexibility index (Phi) is 4.57. The molecule has 0 saturated carbocycles. The monoisotopic (exact) mass is 340 g/mol. The standard InChI is InChI=1S/C20H21FN2O2/c1-13-4-7-17(8-5-13)23-11-15(3)22(12-19(23)24)20(25)18-9-6-16(21)10-14(18)2/h4-10,15H,11-12H2,1-3H3. The number of benzene rings is 2. The zero-order valence-electron chi connectivity index (χ0n) is 14.6. The Labute approximate surface area is 146 Å². The lowest BCUT2D eigenvalue weighted by Gasteiger charge is -2.39. The number of carbonyl (C=O) groups is 2. The maximum Gasteiger partial charge on any atom is 0.254 e. The molecule has 0 N–H and O–H groups in total. The first kappa shape index (κ1) is 17.1. The quantitative estimate of drug-likeness (QED) is 0.841. The van der Waals surface area contributed by atoms with Gasteiger partial charge in [0.15, 0.2) is 0 Å². The summed E-state index contributed by atoms with van der Waals surface area (Å²) in [7, 11) is 0.